The highest BCUT2D eigenvalue weighted by Gasteiger charge is 2.33. The molecule has 0 unspecified atom stereocenters. The van der Waals surface area contributed by atoms with Gasteiger partial charge >= 0.3 is 0 Å². The summed E-state index contributed by atoms with van der Waals surface area (Å²) in [7, 11) is 0. The van der Waals surface area contributed by atoms with Crippen LogP contribution in [0.15, 0.2) is 24.7 Å². The number of aliphatic hydroxyl groups is 1. The van der Waals surface area contributed by atoms with Crippen LogP contribution in [0.25, 0.3) is 11.0 Å². The molecule has 4 rings (SSSR count). The Labute approximate surface area is 127 Å². The number of β-amino-alcohol motifs (C(OH)–C–C–N with tert-alkyl or cyclic N) is 1. The van der Waals surface area contributed by atoms with Gasteiger partial charge in [0.25, 0.3) is 0 Å². The minimum atomic E-state index is -0.374. The smallest absolute Gasteiger partial charge is 0.142 e. The zero-order valence-electron chi connectivity index (χ0n) is 12.3. The standard InChI is InChI=1S/C15H18N6O/c1-9-4-11(20-19-9)5-10-6-21(7-13(10)22)15-12-2-3-16-14(12)17-8-18-15/h2-4,8,10,13,22H,5-7H2,1H3,(H,19,20)(H,16,17,18)/t10-,13-/m1/s1. The highest BCUT2D eigenvalue weighted by Crippen LogP contribution is 2.29. The summed E-state index contributed by atoms with van der Waals surface area (Å²) in [6, 6.07) is 4.01. The molecule has 0 radical (unpaired) electrons. The molecule has 0 amide bonds. The molecule has 0 aromatic carbocycles. The fourth-order valence-electron chi connectivity index (χ4n) is 3.19. The molecule has 114 valence electrons. The minimum Gasteiger partial charge on any atom is -0.391 e. The first-order valence-corrected chi connectivity index (χ1v) is 7.42. The van der Waals surface area contributed by atoms with E-state index in [0.29, 0.717) is 6.54 Å². The lowest BCUT2D eigenvalue weighted by Gasteiger charge is -2.17. The number of anilines is 1. The Kier molecular flexibility index (Phi) is 3.07. The summed E-state index contributed by atoms with van der Waals surface area (Å²) < 4.78 is 0. The van der Waals surface area contributed by atoms with Gasteiger partial charge < -0.3 is 15.0 Å². The molecular formula is C15H18N6O. The van der Waals surface area contributed by atoms with Crippen molar-refractivity contribution >= 4 is 16.9 Å². The number of rotatable bonds is 3. The second-order valence-corrected chi connectivity index (χ2v) is 5.92. The summed E-state index contributed by atoms with van der Waals surface area (Å²) in [5.41, 5.74) is 2.87. The quantitative estimate of drug-likeness (QED) is 0.671. The Balaban J connectivity index is 1.56. The van der Waals surface area contributed by atoms with Gasteiger partial charge in [0.15, 0.2) is 0 Å². The van der Waals surface area contributed by atoms with Crippen molar-refractivity contribution in [2.24, 2.45) is 5.92 Å². The molecule has 0 aliphatic carbocycles. The van der Waals surface area contributed by atoms with Crippen LogP contribution in [-0.2, 0) is 6.42 Å². The molecule has 4 heterocycles. The molecule has 0 bridgehead atoms. The third kappa shape index (κ3) is 2.23. The average molecular weight is 298 g/mol. The number of aryl methyl sites for hydroxylation is 1. The van der Waals surface area contributed by atoms with Crippen molar-refractivity contribution in [2.75, 3.05) is 18.0 Å². The minimum absolute atomic E-state index is 0.159. The predicted octanol–water partition coefficient (Wildman–Crippen LogP) is 1.03. The molecule has 0 saturated carbocycles. The Hall–Kier alpha value is -2.41. The Morgan fingerprint density at radius 1 is 1.36 bits per heavy atom. The Bertz CT molecular complexity index is 794. The van der Waals surface area contributed by atoms with Gasteiger partial charge in [0.2, 0.25) is 0 Å². The third-order valence-corrected chi connectivity index (χ3v) is 4.27. The highest BCUT2D eigenvalue weighted by molar-refractivity contribution is 5.87. The van der Waals surface area contributed by atoms with Crippen LogP contribution in [-0.4, -0.2) is 49.4 Å². The fraction of sp³-hybridized carbons (Fsp3) is 0.400. The van der Waals surface area contributed by atoms with E-state index in [-0.39, 0.29) is 12.0 Å². The van der Waals surface area contributed by atoms with Crippen LogP contribution >= 0.6 is 0 Å². The summed E-state index contributed by atoms with van der Waals surface area (Å²) in [6.45, 7) is 3.34. The number of aromatic nitrogens is 5. The Morgan fingerprint density at radius 2 is 2.27 bits per heavy atom. The van der Waals surface area contributed by atoms with Crippen LogP contribution in [0.4, 0.5) is 5.82 Å². The maximum absolute atomic E-state index is 10.4. The van der Waals surface area contributed by atoms with Gasteiger partial charge in [-0.2, -0.15) is 5.10 Å². The molecule has 1 fully saturated rings. The second kappa shape index (κ2) is 5.10. The van der Waals surface area contributed by atoms with Crippen LogP contribution < -0.4 is 4.90 Å². The van der Waals surface area contributed by atoms with E-state index >= 15 is 0 Å². The van der Waals surface area contributed by atoms with Crippen LogP contribution in [0.2, 0.25) is 0 Å². The highest BCUT2D eigenvalue weighted by atomic mass is 16.3. The topological polar surface area (TPSA) is 93.7 Å². The third-order valence-electron chi connectivity index (χ3n) is 4.27. The van der Waals surface area contributed by atoms with E-state index < -0.39 is 0 Å². The van der Waals surface area contributed by atoms with E-state index in [1.165, 1.54) is 0 Å². The van der Waals surface area contributed by atoms with Gasteiger partial charge in [0.05, 0.1) is 17.2 Å². The number of aliphatic hydroxyl groups excluding tert-OH is 1. The molecule has 2 atom stereocenters. The first-order chi connectivity index (χ1) is 10.7. The monoisotopic (exact) mass is 298 g/mol. The number of H-pyrrole nitrogens is 2. The number of hydrogen-bond acceptors (Lipinski definition) is 5. The van der Waals surface area contributed by atoms with E-state index in [0.717, 1.165) is 41.2 Å². The van der Waals surface area contributed by atoms with Gasteiger partial charge in [0, 0.05) is 30.9 Å². The molecule has 1 aliphatic heterocycles. The van der Waals surface area contributed by atoms with Crippen molar-refractivity contribution in [3.63, 3.8) is 0 Å². The van der Waals surface area contributed by atoms with Gasteiger partial charge in [-0.25, -0.2) is 9.97 Å². The molecule has 3 aromatic rings. The molecule has 7 heteroatoms. The van der Waals surface area contributed by atoms with E-state index in [1.807, 2.05) is 25.3 Å². The first kappa shape index (κ1) is 13.3. The molecule has 0 spiro atoms. The first-order valence-electron chi connectivity index (χ1n) is 7.42. The average Bonchev–Trinajstić information content (AvgIpc) is 3.20. The van der Waals surface area contributed by atoms with Crippen molar-refractivity contribution < 1.29 is 5.11 Å². The molecular weight excluding hydrogens is 280 g/mol. The fourth-order valence-corrected chi connectivity index (χ4v) is 3.19. The van der Waals surface area contributed by atoms with E-state index in [4.69, 9.17) is 0 Å². The largest absolute Gasteiger partial charge is 0.391 e. The van der Waals surface area contributed by atoms with Crippen LogP contribution in [0.3, 0.4) is 0 Å². The van der Waals surface area contributed by atoms with Gasteiger partial charge in [-0.3, -0.25) is 5.10 Å². The van der Waals surface area contributed by atoms with Crippen molar-refractivity contribution in [3.05, 3.63) is 36.0 Å². The molecule has 3 N–H and O–H groups in total. The maximum atomic E-state index is 10.4. The maximum Gasteiger partial charge on any atom is 0.142 e. The van der Waals surface area contributed by atoms with Crippen LogP contribution in [0, 0.1) is 12.8 Å². The zero-order chi connectivity index (χ0) is 15.1. The van der Waals surface area contributed by atoms with Crippen LogP contribution in [0.5, 0.6) is 0 Å². The molecule has 3 aromatic heterocycles. The van der Waals surface area contributed by atoms with Crippen molar-refractivity contribution in [1.82, 2.24) is 25.1 Å². The summed E-state index contributed by atoms with van der Waals surface area (Å²) in [6.07, 6.45) is 3.81. The van der Waals surface area contributed by atoms with Crippen molar-refractivity contribution in [3.8, 4) is 0 Å². The van der Waals surface area contributed by atoms with Gasteiger partial charge in [-0.15, -0.1) is 0 Å². The lowest BCUT2D eigenvalue weighted by molar-refractivity contribution is 0.148. The summed E-state index contributed by atoms with van der Waals surface area (Å²) in [5, 5.41) is 18.6. The Morgan fingerprint density at radius 3 is 3.09 bits per heavy atom. The number of nitrogens with zero attached hydrogens (tertiary/aromatic N) is 4. The number of aromatic amines is 2. The lowest BCUT2D eigenvalue weighted by atomic mass is 10.0. The van der Waals surface area contributed by atoms with Crippen molar-refractivity contribution in [1.29, 1.82) is 0 Å². The molecule has 1 aliphatic rings. The molecule has 22 heavy (non-hydrogen) atoms. The van der Waals surface area contributed by atoms with Crippen molar-refractivity contribution in [2.45, 2.75) is 19.4 Å². The number of hydrogen-bond donors (Lipinski definition) is 3. The van der Waals surface area contributed by atoms with E-state index in [2.05, 4.69) is 30.0 Å². The number of fused-ring (bicyclic) bond motifs is 1. The SMILES string of the molecule is Cc1cc(C[C@@H]2CN(c3ncnc4[nH]ccc34)C[C@H]2O)n[nH]1. The summed E-state index contributed by atoms with van der Waals surface area (Å²) in [4.78, 5) is 13.8. The molecule has 1 saturated heterocycles. The van der Waals surface area contributed by atoms with E-state index in [1.54, 1.807) is 6.33 Å². The molecule has 7 nitrogen and oxygen atoms in total. The van der Waals surface area contributed by atoms with Gasteiger partial charge in [-0.1, -0.05) is 0 Å². The summed E-state index contributed by atoms with van der Waals surface area (Å²) >= 11 is 0. The van der Waals surface area contributed by atoms with Crippen LogP contribution in [0.1, 0.15) is 11.4 Å². The summed E-state index contributed by atoms with van der Waals surface area (Å²) in [5.74, 6) is 1.04. The normalized spacial score (nSPS) is 21.8. The predicted molar refractivity (Wildman–Crippen MR) is 82.6 cm³/mol. The second-order valence-electron chi connectivity index (χ2n) is 5.92. The zero-order valence-corrected chi connectivity index (χ0v) is 12.3. The van der Waals surface area contributed by atoms with E-state index in [9.17, 15) is 5.11 Å². The number of nitrogens with one attached hydrogen (secondary N) is 2. The lowest BCUT2D eigenvalue weighted by Crippen LogP contribution is -2.22. The van der Waals surface area contributed by atoms with Gasteiger partial charge in [0.1, 0.15) is 17.8 Å². The van der Waals surface area contributed by atoms with Gasteiger partial charge in [-0.05, 0) is 25.5 Å².